The number of aliphatic hydroxyl groups is 1. The van der Waals surface area contributed by atoms with Crippen molar-refractivity contribution in [3.8, 4) is 5.75 Å². The van der Waals surface area contributed by atoms with Crippen LogP contribution in [-0.4, -0.2) is 48.3 Å². The molecule has 7 heteroatoms. The first-order valence-corrected chi connectivity index (χ1v) is 12.8. The summed E-state index contributed by atoms with van der Waals surface area (Å²) in [5.41, 5.74) is 7.93. The fourth-order valence-electron chi connectivity index (χ4n) is 4.33. The van der Waals surface area contributed by atoms with Crippen LogP contribution in [0.25, 0.3) is 0 Å². The number of benzene rings is 3. The van der Waals surface area contributed by atoms with Gasteiger partial charge in [-0.3, -0.25) is 10.2 Å². The fourth-order valence-corrected chi connectivity index (χ4v) is 4.33. The minimum Gasteiger partial charge on any atom is -0.494 e. The molecular formula is C30H35N3O4. The van der Waals surface area contributed by atoms with Crippen molar-refractivity contribution in [3.05, 3.63) is 102 Å². The molecule has 1 heterocycles. The van der Waals surface area contributed by atoms with Crippen LogP contribution in [0.15, 0.2) is 89.9 Å². The molecule has 2 atom stereocenters. The lowest BCUT2D eigenvalue weighted by atomic mass is 9.86. The Morgan fingerprint density at radius 3 is 2.32 bits per heavy atom. The van der Waals surface area contributed by atoms with E-state index in [-0.39, 0.29) is 12.5 Å². The number of aliphatic imine (C=N–C) groups is 1. The number of hydrogen-bond acceptors (Lipinski definition) is 6. The molecule has 4 rings (SSSR count). The molecule has 0 saturated heterocycles. The molecule has 0 fully saturated rings. The van der Waals surface area contributed by atoms with Crippen LogP contribution >= 0.6 is 0 Å². The number of hydrogen-bond donors (Lipinski definition) is 3. The van der Waals surface area contributed by atoms with Crippen molar-refractivity contribution < 1.29 is 19.4 Å². The van der Waals surface area contributed by atoms with Gasteiger partial charge in [0.1, 0.15) is 11.9 Å². The van der Waals surface area contributed by atoms with Crippen molar-refractivity contribution in [2.45, 2.75) is 44.2 Å². The molecule has 3 aromatic rings. The number of carbonyl (C=O) groups is 1. The van der Waals surface area contributed by atoms with Gasteiger partial charge in [0.2, 0.25) is 5.90 Å². The molecule has 0 saturated carbocycles. The monoisotopic (exact) mass is 501 g/mol. The lowest BCUT2D eigenvalue weighted by Crippen LogP contribution is -2.56. The molecule has 0 aromatic heterocycles. The Hall–Kier alpha value is -3.68. The van der Waals surface area contributed by atoms with Crippen molar-refractivity contribution in [1.82, 2.24) is 10.9 Å². The van der Waals surface area contributed by atoms with E-state index in [1.807, 2.05) is 79.7 Å². The van der Waals surface area contributed by atoms with E-state index in [1.54, 1.807) is 0 Å². The molecule has 7 nitrogen and oxygen atoms in total. The van der Waals surface area contributed by atoms with Crippen molar-refractivity contribution >= 4 is 11.8 Å². The third-order valence-corrected chi connectivity index (χ3v) is 6.46. The molecule has 3 N–H and O–H groups in total. The van der Waals surface area contributed by atoms with Crippen LogP contribution in [0.2, 0.25) is 0 Å². The molecule has 1 aliphatic heterocycles. The van der Waals surface area contributed by atoms with Gasteiger partial charge in [0, 0.05) is 31.6 Å². The average molecular weight is 502 g/mol. The molecule has 3 aromatic carbocycles. The quantitative estimate of drug-likeness (QED) is 0.244. The minimum absolute atomic E-state index is 0.0913. The third kappa shape index (κ3) is 6.96. The lowest BCUT2D eigenvalue weighted by Gasteiger charge is -2.28. The van der Waals surface area contributed by atoms with Gasteiger partial charge in [-0.05, 0) is 55.2 Å². The summed E-state index contributed by atoms with van der Waals surface area (Å²) < 4.78 is 11.8. The van der Waals surface area contributed by atoms with Crippen molar-refractivity contribution in [1.29, 1.82) is 0 Å². The smallest absolute Gasteiger partial charge is 0.266 e. The third-order valence-electron chi connectivity index (χ3n) is 6.46. The predicted octanol–water partition coefficient (Wildman–Crippen LogP) is 3.85. The van der Waals surface area contributed by atoms with E-state index in [9.17, 15) is 4.79 Å². The number of aryl methyl sites for hydroxylation is 1. The van der Waals surface area contributed by atoms with Gasteiger partial charge in [-0.15, -0.1) is 0 Å². The first-order valence-electron chi connectivity index (χ1n) is 12.8. The summed E-state index contributed by atoms with van der Waals surface area (Å²) in [5.74, 6) is 0.920. The van der Waals surface area contributed by atoms with Crippen LogP contribution in [0.1, 0.15) is 36.5 Å². The first kappa shape index (κ1) is 26.4. The molecule has 1 amide bonds. The number of nitrogens with zero attached hydrogens (tertiary/aromatic N) is 1. The molecular weight excluding hydrogens is 466 g/mol. The summed E-state index contributed by atoms with van der Waals surface area (Å²) in [6.45, 7) is 3.07. The normalized spacial score (nSPS) is 18.6. The molecule has 1 aliphatic rings. The highest BCUT2D eigenvalue weighted by Crippen LogP contribution is 2.32. The molecule has 0 spiro atoms. The summed E-state index contributed by atoms with van der Waals surface area (Å²) in [7, 11) is 0. The molecule has 0 bridgehead atoms. The molecule has 0 aliphatic carbocycles. The van der Waals surface area contributed by atoms with E-state index in [4.69, 9.17) is 19.6 Å². The number of rotatable bonds is 13. The van der Waals surface area contributed by atoms with E-state index < -0.39 is 11.6 Å². The topological polar surface area (TPSA) is 92.2 Å². The largest absolute Gasteiger partial charge is 0.494 e. The van der Waals surface area contributed by atoms with Crippen molar-refractivity contribution in [3.63, 3.8) is 0 Å². The van der Waals surface area contributed by atoms with Gasteiger partial charge in [-0.1, -0.05) is 60.7 Å². The predicted molar refractivity (Wildman–Crippen MR) is 145 cm³/mol. The van der Waals surface area contributed by atoms with Gasteiger partial charge in [0.05, 0.1) is 6.61 Å². The standard InChI is InChI=1S/C30H35N3O4/c1-23-30(22-25-12-6-3-7-13-25,29(35)33-31-19-8-14-24-10-4-2-5-11-24)32-28(37-23)26-15-17-27(18-16-26)36-21-9-20-34/h2-7,10-13,15-18,23,31,34H,8-9,14,19-22H2,1H3,(H,33,35)/t23-,30-/m0/s1. The van der Waals surface area contributed by atoms with Crippen molar-refractivity contribution in [2.75, 3.05) is 19.8 Å². The number of nitrogens with one attached hydrogen (secondary N) is 2. The Morgan fingerprint density at radius 1 is 0.973 bits per heavy atom. The number of ether oxygens (including phenoxy) is 2. The second-order valence-electron chi connectivity index (χ2n) is 9.18. The summed E-state index contributed by atoms with van der Waals surface area (Å²) in [5, 5.41) is 8.94. The number of hydrazine groups is 1. The highest BCUT2D eigenvalue weighted by atomic mass is 16.5. The van der Waals surface area contributed by atoms with Crippen LogP contribution in [0.3, 0.4) is 0 Å². The SMILES string of the molecule is C[C@@H]1OC(c2ccc(OCCCO)cc2)=N[C@]1(Cc1ccccc1)C(=O)NNCCCc1ccccc1. The molecule has 194 valence electrons. The van der Waals surface area contributed by atoms with Crippen molar-refractivity contribution in [2.24, 2.45) is 4.99 Å². The Labute approximate surface area is 218 Å². The number of aliphatic hydroxyl groups excluding tert-OH is 1. The van der Waals surface area contributed by atoms with Gasteiger partial charge < -0.3 is 14.6 Å². The summed E-state index contributed by atoms with van der Waals surface area (Å²) >= 11 is 0. The Bertz CT molecular complexity index is 1150. The first-order chi connectivity index (χ1) is 18.1. The van der Waals surface area contributed by atoms with E-state index in [0.717, 1.165) is 24.0 Å². The second kappa shape index (κ2) is 13.0. The highest BCUT2D eigenvalue weighted by Gasteiger charge is 2.50. The number of amides is 1. The molecule has 0 unspecified atom stereocenters. The Balaban J connectivity index is 1.46. The number of carbonyl (C=O) groups excluding carboxylic acids is 1. The second-order valence-corrected chi connectivity index (χ2v) is 9.18. The van der Waals surface area contributed by atoms with E-state index in [2.05, 4.69) is 23.0 Å². The van der Waals surface area contributed by atoms with Crippen LogP contribution in [0.5, 0.6) is 5.75 Å². The average Bonchev–Trinajstić information content (AvgIpc) is 3.26. The molecule has 0 radical (unpaired) electrons. The highest BCUT2D eigenvalue weighted by molar-refractivity contribution is 6.00. The van der Waals surface area contributed by atoms with E-state index in [1.165, 1.54) is 5.56 Å². The van der Waals surface area contributed by atoms with Gasteiger partial charge in [0.15, 0.2) is 5.54 Å². The maximum absolute atomic E-state index is 13.6. The zero-order chi connectivity index (χ0) is 25.9. The van der Waals surface area contributed by atoms with Crippen LogP contribution < -0.4 is 15.6 Å². The van der Waals surface area contributed by atoms with Crippen LogP contribution in [0.4, 0.5) is 0 Å². The summed E-state index contributed by atoms with van der Waals surface area (Å²) in [4.78, 5) is 18.5. The van der Waals surface area contributed by atoms with Gasteiger partial charge in [-0.25, -0.2) is 10.4 Å². The Morgan fingerprint density at radius 2 is 1.65 bits per heavy atom. The summed E-state index contributed by atoms with van der Waals surface area (Å²) in [6.07, 6.45) is 2.35. The Kier molecular flexibility index (Phi) is 9.29. The summed E-state index contributed by atoms with van der Waals surface area (Å²) in [6, 6.07) is 27.6. The zero-order valence-corrected chi connectivity index (χ0v) is 21.2. The lowest BCUT2D eigenvalue weighted by molar-refractivity contribution is -0.129. The van der Waals surface area contributed by atoms with Gasteiger partial charge in [-0.2, -0.15) is 0 Å². The van der Waals surface area contributed by atoms with E-state index >= 15 is 0 Å². The van der Waals surface area contributed by atoms with Crippen LogP contribution in [0, 0.1) is 0 Å². The maximum Gasteiger partial charge on any atom is 0.266 e. The molecule has 37 heavy (non-hydrogen) atoms. The van der Waals surface area contributed by atoms with E-state index in [0.29, 0.717) is 37.6 Å². The van der Waals surface area contributed by atoms with Gasteiger partial charge in [0.25, 0.3) is 5.91 Å². The minimum atomic E-state index is -1.11. The fraction of sp³-hybridized carbons (Fsp3) is 0.333. The zero-order valence-electron chi connectivity index (χ0n) is 21.2. The maximum atomic E-state index is 13.6. The van der Waals surface area contributed by atoms with Crippen LogP contribution in [-0.2, 0) is 22.4 Å². The van der Waals surface area contributed by atoms with Gasteiger partial charge >= 0.3 is 0 Å².